The molecule has 2 unspecified atom stereocenters. The predicted octanol–water partition coefficient (Wildman–Crippen LogP) is 0.276. The average Bonchev–Trinajstić information content (AvgIpc) is 2.71. The summed E-state index contributed by atoms with van der Waals surface area (Å²) in [5.41, 5.74) is -0.595. The Morgan fingerprint density at radius 1 is 1.56 bits per heavy atom. The van der Waals surface area contributed by atoms with E-state index in [4.69, 9.17) is 5.11 Å². The molecule has 102 valence electrons. The van der Waals surface area contributed by atoms with Crippen LogP contribution >= 0.6 is 0 Å². The third-order valence-corrected chi connectivity index (χ3v) is 4.09. The van der Waals surface area contributed by atoms with E-state index in [0.29, 0.717) is 13.0 Å². The van der Waals surface area contributed by atoms with E-state index in [2.05, 4.69) is 5.32 Å². The molecule has 2 rings (SSSR count). The van der Waals surface area contributed by atoms with Gasteiger partial charge >= 0.3 is 0 Å². The highest BCUT2D eigenvalue weighted by atomic mass is 16.3. The molecule has 0 aliphatic carbocycles. The van der Waals surface area contributed by atoms with Crippen LogP contribution in [0, 0.1) is 5.41 Å². The zero-order valence-corrected chi connectivity index (χ0v) is 10.9. The normalized spacial score (nSPS) is 32.4. The summed E-state index contributed by atoms with van der Waals surface area (Å²) < 4.78 is 0. The van der Waals surface area contributed by atoms with Crippen molar-refractivity contribution in [3.8, 4) is 0 Å². The Bertz CT molecular complexity index is 343. The van der Waals surface area contributed by atoms with Crippen LogP contribution in [-0.2, 0) is 9.59 Å². The van der Waals surface area contributed by atoms with E-state index in [9.17, 15) is 9.59 Å². The van der Waals surface area contributed by atoms with Gasteiger partial charge < -0.3 is 15.3 Å². The van der Waals surface area contributed by atoms with Crippen molar-refractivity contribution < 1.29 is 14.7 Å². The molecule has 2 heterocycles. The first kappa shape index (κ1) is 13.3. The van der Waals surface area contributed by atoms with Crippen molar-refractivity contribution in [1.82, 2.24) is 10.2 Å². The fourth-order valence-electron chi connectivity index (χ4n) is 2.99. The van der Waals surface area contributed by atoms with E-state index in [1.165, 1.54) is 0 Å². The fourth-order valence-corrected chi connectivity index (χ4v) is 2.99. The number of aliphatic hydroxyl groups is 1. The summed E-state index contributed by atoms with van der Waals surface area (Å²) in [6.45, 7) is 3.17. The zero-order valence-electron chi connectivity index (χ0n) is 10.9. The van der Waals surface area contributed by atoms with Crippen molar-refractivity contribution in [2.24, 2.45) is 5.41 Å². The van der Waals surface area contributed by atoms with E-state index < -0.39 is 5.41 Å². The molecule has 0 radical (unpaired) electrons. The van der Waals surface area contributed by atoms with Crippen LogP contribution in [0.3, 0.4) is 0 Å². The van der Waals surface area contributed by atoms with Gasteiger partial charge in [-0.2, -0.15) is 0 Å². The average molecular weight is 254 g/mol. The highest BCUT2D eigenvalue weighted by molar-refractivity contribution is 5.92. The van der Waals surface area contributed by atoms with Crippen molar-refractivity contribution in [3.63, 3.8) is 0 Å². The van der Waals surface area contributed by atoms with Crippen LogP contribution < -0.4 is 5.32 Å². The number of nitrogens with zero attached hydrogens (tertiary/aromatic N) is 1. The molecule has 0 aromatic carbocycles. The number of amides is 2. The van der Waals surface area contributed by atoms with Crippen LogP contribution in [0.15, 0.2) is 0 Å². The van der Waals surface area contributed by atoms with E-state index >= 15 is 0 Å². The van der Waals surface area contributed by atoms with Crippen LogP contribution in [0.2, 0.25) is 0 Å². The van der Waals surface area contributed by atoms with Crippen LogP contribution in [-0.4, -0.2) is 47.6 Å². The minimum absolute atomic E-state index is 0.0402. The van der Waals surface area contributed by atoms with Gasteiger partial charge in [0.2, 0.25) is 11.8 Å². The maximum Gasteiger partial charge on any atom is 0.231 e. The van der Waals surface area contributed by atoms with E-state index in [1.54, 1.807) is 0 Å². The van der Waals surface area contributed by atoms with Crippen molar-refractivity contribution in [2.75, 3.05) is 19.7 Å². The maximum absolute atomic E-state index is 12.6. The number of carbonyl (C=O) groups is 2. The van der Waals surface area contributed by atoms with Crippen LogP contribution in [0.1, 0.15) is 39.0 Å². The van der Waals surface area contributed by atoms with Gasteiger partial charge in [0, 0.05) is 32.2 Å². The Kier molecular flexibility index (Phi) is 3.90. The highest BCUT2D eigenvalue weighted by Crippen LogP contribution is 2.31. The summed E-state index contributed by atoms with van der Waals surface area (Å²) in [6, 6.07) is 0.142. The van der Waals surface area contributed by atoms with Gasteiger partial charge in [-0.15, -0.1) is 0 Å². The molecule has 2 N–H and O–H groups in total. The molecule has 2 amide bonds. The Morgan fingerprint density at radius 3 is 2.94 bits per heavy atom. The van der Waals surface area contributed by atoms with Gasteiger partial charge in [-0.3, -0.25) is 9.59 Å². The molecular formula is C13H22N2O3. The number of likely N-dealkylation sites (tertiary alicyclic amines) is 1. The molecule has 18 heavy (non-hydrogen) atoms. The van der Waals surface area contributed by atoms with Gasteiger partial charge in [0.15, 0.2) is 0 Å². The summed E-state index contributed by atoms with van der Waals surface area (Å²) in [4.78, 5) is 25.8. The number of hydrogen-bond donors (Lipinski definition) is 2. The molecule has 0 aromatic heterocycles. The van der Waals surface area contributed by atoms with E-state index in [1.807, 2.05) is 11.8 Å². The molecule has 5 heteroatoms. The summed E-state index contributed by atoms with van der Waals surface area (Å²) >= 11 is 0. The Labute approximate surface area is 108 Å². The standard InChI is InChI=1S/C13H22N2O3/c1-13(8-11(17)14-9-13)12(18)15-6-3-2-4-10(15)5-7-16/h10,16H,2-9H2,1H3,(H,14,17). The fraction of sp³-hybridized carbons (Fsp3) is 0.846. The Morgan fingerprint density at radius 2 is 2.33 bits per heavy atom. The lowest BCUT2D eigenvalue weighted by molar-refractivity contribution is -0.145. The third-order valence-electron chi connectivity index (χ3n) is 4.09. The van der Waals surface area contributed by atoms with Gasteiger partial charge in [0.1, 0.15) is 0 Å². The molecule has 0 spiro atoms. The van der Waals surface area contributed by atoms with Crippen molar-refractivity contribution in [2.45, 2.75) is 45.1 Å². The molecule has 5 nitrogen and oxygen atoms in total. The summed E-state index contributed by atoms with van der Waals surface area (Å²) in [5, 5.41) is 11.8. The van der Waals surface area contributed by atoms with Gasteiger partial charge in [-0.05, 0) is 32.6 Å². The molecule has 0 saturated carbocycles. The molecule has 2 fully saturated rings. The maximum atomic E-state index is 12.6. The van der Waals surface area contributed by atoms with E-state index in [0.717, 1.165) is 25.8 Å². The molecule has 0 bridgehead atoms. The van der Waals surface area contributed by atoms with Gasteiger partial charge in [-0.25, -0.2) is 0 Å². The number of aliphatic hydroxyl groups excluding tert-OH is 1. The number of piperidine rings is 1. The van der Waals surface area contributed by atoms with Gasteiger partial charge in [0.05, 0.1) is 5.41 Å². The number of nitrogens with one attached hydrogen (secondary N) is 1. The number of rotatable bonds is 3. The van der Waals surface area contributed by atoms with Crippen molar-refractivity contribution >= 4 is 11.8 Å². The molecule has 0 aromatic rings. The summed E-state index contributed by atoms with van der Waals surface area (Å²) in [6.07, 6.45) is 4.02. The topological polar surface area (TPSA) is 69.6 Å². The van der Waals surface area contributed by atoms with Crippen LogP contribution in [0.5, 0.6) is 0 Å². The molecule has 2 saturated heterocycles. The third kappa shape index (κ3) is 2.51. The number of carbonyl (C=O) groups excluding carboxylic acids is 2. The molecular weight excluding hydrogens is 232 g/mol. The largest absolute Gasteiger partial charge is 0.396 e. The SMILES string of the molecule is CC1(C(=O)N2CCCCC2CCO)CNC(=O)C1. The van der Waals surface area contributed by atoms with Crippen LogP contribution in [0.25, 0.3) is 0 Å². The summed E-state index contributed by atoms with van der Waals surface area (Å²) in [5.74, 6) is 0.0283. The first-order valence-corrected chi connectivity index (χ1v) is 6.75. The highest BCUT2D eigenvalue weighted by Gasteiger charge is 2.44. The lowest BCUT2D eigenvalue weighted by Crippen LogP contribution is -2.51. The second-order valence-corrected chi connectivity index (χ2v) is 5.67. The number of hydrogen-bond acceptors (Lipinski definition) is 3. The lowest BCUT2D eigenvalue weighted by Gasteiger charge is -2.39. The van der Waals surface area contributed by atoms with Crippen molar-refractivity contribution in [1.29, 1.82) is 0 Å². The zero-order chi connectivity index (χ0) is 13.2. The summed E-state index contributed by atoms with van der Waals surface area (Å²) in [7, 11) is 0. The quantitative estimate of drug-likeness (QED) is 0.760. The molecule has 2 aliphatic rings. The first-order chi connectivity index (χ1) is 8.57. The smallest absolute Gasteiger partial charge is 0.231 e. The first-order valence-electron chi connectivity index (χ1n) is 6.75. The second-order valence-electron chi connectivity index (χ2n) is 5.67. The predicted molar refractivity (Wildman–Crippen MR) is 66.8 cm³/mol. The Balaban J connectivity index is 2.08. The monoisotopic (exact) mass is 254 g/mol. The van der Waals surface area contributed by atoms with Gasteiger partial charge in [-0.1, -0.05) is 0 Å². The minimum Gasteiger partial charge on any atom is -0.396 e. The lowest BCUT2D eigenvalue weighted by atomic mass is 9.85. The van der Waals surface area contributed by atoms with Crippen LogP contribution in [0.4, 0.5) is 0 Å². The molecule has 2 atom stereocenters. The minimum atomic E-state index is -0.595. The molecule has 2 aliphatic heterocycles. The second kappa shape index (κ2) is 5.26. The van der Waals surface area contributed by atoms with Gasteiger partial charge in [0.25, 0.3) is 0 Å². The van der Waals surface area contributed by atoms with Crippen molar-refractivity contribution in [3.05, 3.63) is 0 Å². The Hall–Kier alpha value is -1.10. The van der Waals surface area contributed by atoms with E-state index in [-0.39, 0.29) is 30.9 Å².